The van der Waals surface area contributed by atoms with Crippen molar-refractivity contribution in [2.45, 2.75) is 24.9 Å². The summed E-state index contributed by atoms with van der Waals surface area (Å²) < 4.78 is 61.3. The highest BCUT2D eigenvalue weighted by Crippen LogP contribution is 2.29. The quantitative estimate of drug-likeness (QED) is 0.926. The standard InChI is InChI=1S/C12H13F3O4S/c1-7-3-4-9(5-8(7)2)20(18,19)6-10(11(16)17)12(13,14)15/h3-5,10H,6H2,1-2H3,(H,16,17). The van der Waals surface area contributed by atoms with Gasteiger partial charge in [0.25, 0.3) is 0 Å². The molecule has 0 heterocycles. The Kier molecular flexibility index (Phi) is 4.48. The molecule has 0 saturated carbocycles. The molecule has 4 nitrogen and oxygen atoms in total. The largest absolute Gasteiger partial charge is 0.481 e. The van der Waals surface area contributed by atoms with E-state index in [0.29, 0.717) is 5.56 Å². The van der Waals surface area contributed by atoms with Gasteiger partial charge in [0.05, 0.1) is 10.6 Å². The molecule has 112 valence electrons. The van der Waals surface area contributed by atoms with Gasteiger partial charge in [-0.15, -0.1) is 0 Å². The van der Waals surface area contributed by atoms with Crippen LogP contribution in [0.15, 0.2) is 23.1 Å². The Morgan fingerprint density at radius 3 is 2.20 bits per heavy atom. The molecule has 0 aliphatic rings. The Morgan fingerprint density at radius 2 is 1.80 bits per heavy atom. The van der Waals surface area contributed by atoms with Crippen molar-refractivity contribution in [2.75, 3.05) is 5.75 Å². The molecule has 1 N–H and O–H groups in total. The van der Waals surface area contributed by atoms with Crippen molar-refractivity contribution in [1.29, 1.82) is 0 Å². The van der Waals surface area contributed by atoms with Crippen LogP contribution in [-0.2, 0) is 14.6 Å². The van der Waals surface area contributed by atoms with Crippen LogP contribution in [0.5, 0.6) is 0 Å². The first-order valence-corrected chi connectivity index (χ1v) is 7.20. The summed E-state index contributed by atoms with van der Waals surface area (Å²) in [6.45, 7) is 3.34. The topological polar surface area (TPSA) is 71.4 Å². The number of hydrogen-bond donors (Lipinski definition) is 1. The maximum absolute atomic E-state index is 12.5. The fraction of sp³-hybridized carbons (Fsp3) is 0.417. The minimum absolute atomic E-state index is 0.309. The summed E-state index contributed by atoms with van der Waals surface area (Å²) in [6.07, 6.45) is -5.11. The number of carboxylic acids is 1. The van der Waals surface area contributed by atoms with Crippen molar-refractivity contribution < 1.29 is 31.5 Å². The second-order valence-corrected chi connectivity index (χ2v) is 6.49. The Balaban J connectivity index is 3.16. The van der Waals surface area contributed by atoms with Crippen molar-refractivity contribution in [3.63, 3.8) is 0 Å². The number of aliphatic carboxylic acids is 1. The smallest absolute Gasteiger partial charge is 0.403 e. The molecule has 0 bridgehead atoms. The Morgan fingerprint density at radius 1 is 1.25 bits per heavy atom. The molecule has 0 spiro atoms. The summed E-state index contributed by atoms with van der Waals surface area (Å²) in [6, 6.07) is 3.87. The average Bonchev–Trinajstić information content (AvgIpc) is 2.27. The highest BCUT2D eigenvalue weighted by atomic mass is 32.2. The molecule has 1 unspecified atom stereocenters. The highest BCUT2D eigenvalue weighted by molar-refractivity contribution is 7.91. The van der Waals surface area contributed by atoms with E-state index in [9.17, 15) is 26.4 Å². The molecular weight excluding hydrogens is 297 g/mol. The minimum Gasteiger partial charge on any atom is -0.481 e. The monoisotopic (exact) mass is 310 g/mol. The van der Waals surface area contributed by atoms with Gasteiger partial charge < -0.3 is 5.11 Å². The lowest BCUT2D eigenvalue weighted by Crippen LogP contribution is -2.36. The lowest BCUT2D eigenvalue weighted by atomic mass is 10.1. The van der Waals surface area contributed by atoms with Crippen LogP contribution in [0, 0.1) is 19.8 Å². The van der Waals surface area contributed by atoms with E-state index >= 15 is 0 Å². The zero-order valence-corrected chi connectivity index (χ0v) is 11.5. The molecule has 0 amide bonds. The van der Waals surface area contributed by atoms with Crippen molar-refractivity contribution in [2.24, 2.45) is 5.92 Å². The summed E-state index contributed by atoms with van der Waals surface area (Å²) in [5, 5.41) is 8.53. The normalized spacial score (nSPS) is 14.1. The zero-order valence-electron chi connectivity index (χ0n) is 10.7. The first-order valence-electron chi connectivity index (χ1n) is 5.54. The second kappa shape index (κ2) is 5.43. The van der Waals surface area contributed by atoms with E-state index in [1.165, 1.54) is 18.2 Å². The molecule has 0 aliphatic carbocycles. The molecule has 1 atom stereocenters. The van der Waals surface area contributed by atoms with E-state index < -0.39 is 33.7 Å². The van der Waals surface area contributed by atoms with E-state index in [1.807, 2.05) is 0 Å². The number of alkyl halides is 3. The fourth-order valence-electron chi connectivity index (χ4n) is 1.53. The zero-order chi connectivity index (χ0) is 15.7. The number of carbonyl (C=O) groups is 1. The van der Waals surface area contributed by atoms with Gasteiger partial charge in [-0.2, -0.15) is 13.2 Å². The van der Waals surface area contributed by atoms with Gasteiger partial charge in [0.15, 0.2) is 15.8 Å². The van der Waals surface area contributed by atoms with Crippen LogP contribution < -0.4 is 0 Å². The van der Waals surface area contributed by atoms with E-state index in [0.717, 1.165) is 5.56 Å². The third kappa shape index (κ3) is 3.72. The summed E-state index contributed by atoms with van der Waals surface area (Å²) in [4.78, 5) is 10.3. The highest BCUT2D eigenvalue weighted by Gasteiger charge is 2.47. The van der Waals surface area contributed by atoms with Crippen molar-refractivity contribution in [3.05, 3.63) is 29.3 Å². The number of hydrogen-bond acceptors (Lipinski definition) is 3. The van der Waals surface area contributed by atoms with Gasteiger partial charge in [0.1, 0.15) is 0 Å². The van der Waals surface area contributed by atoms with Crippen molar-refractivity contribution >= 4 is 15.8 Å². The molecule has 0 saturated heterocycles. The van der Waals surface area contributed by atoms with Gasteiger partial charge in [-0.3, -0.25) is 4.79 Å². The van der Waals surface area contributed by atoms with E-state index in [4.69, 9.17) is 5.11 Å². The van der Waals surface area contributed by atoms with E-state index in [2.05, 4.69) is 0 Å². The van der Waals surface area contributed by atoms with Crippen LogP contribution in [0.1, 0.15) is 11.1 Å². The Hall–Kier alpha value is -1.57. The lowest BCUT2D eigenvalue weighted by Gasteiger charge is -2.16. The number of aryl methyl sites for hydroxylation is 2. The van der Waals surface area contributed by atoms with Crippen molar-refractivity contribution in [1.82, 2.24) is 0 Å². The summed E-state index contributed by atoms with van der Waals surface area (Å²) in [5.41, 5.74) is 1.39. The molecule has 20 heavy (non-hydrogen) atoms. The molecule has 0 fully saturated rings. The summed E-state index contributed by atoms with van der Waals surface area (Å²) >= 11 is 0. The summed E-state index contributed by atoms with van der Waals surface area (Å²) in [5.74, 6) is -6.65. The molecule has 0 radical (unpaired) electrons. The number of benzene rings is 1. The number of halogens is 3. The summed E-state index contributed by atoms with van der Waals surface area (Å²) in [7, 11) is -4.33. The van der Waals surface area contributed by atoms with Gasteiger partial charge in [-0.1, -0.05) is 6.07 Å². The van der Waals surface area contributed by atoms with Gasteiger partial charge in [-0.25, -0.2) is 8.42 Å². The number of carboxylic acid groups (broad SMARTS) is 1. The maximum atomic E-state index is 12.5. The van der Waals surface area contributed by atoms with Crippen LogP contribution in [0.25, 0.3) is 0 Å². The van der Waals surface area contributed by atoms with E-state index in [-0.39, 0.29) is 4.90 Å². The first-order chi connectivity index (χ1) is 8.95. The van der Waals surface area contributed by atoms with Gasteiger partial charge in [0.2, 0.25) is 0 Å². The van der Waals surface area contributed by atoms with Crippen LogP contribution in [0.2, 0.25) is 0 Å². The van der Waals surface area contributed by atoms with Gasteiger partial charge in [0, 0.05) is 0 Å². The number of rotatable bonds is 4. The maximum Gasteiger partial charge on any atom is 0.403 e. The number of sulfone groups is 1. The molecule has 1 aromatic rings. The lowest BCUT2D eigenvalue weighted by molar-refractivity contribution is -0.189. The van der Waals surface area contributed by atoms with E-state index in [1.54, 1.807) is 13.8 Å². The second-order valence-electron chi connectivity index (χ2n) is 4.46. The van der Waals surface area contributed by atoms with Crippen LogP contribution in [0.3, 0.4) is 0 Å². The molecule has 0 aliphatic heterocycles. The predicted octanol–water partition coefficient (Wildman–Crippen LogP) is 2.34. The molecule has 0 aromatic heterocycles. The SMILES string of the molecule is Cc1ccc(S(=O)(=O)CC(C(=O)O)C(F)(F)F)cc1C. The van der Waals surface area contributed by atoms with Gasteiger partial charge in [-0.05, 0) is 37.1 Å². The third-order valence-electron chi connectivity index (χ3n) is 2.92. The van der Waals surface area contributed by atoms with Crippen LogP contribution in [-0.4, -0.2) is 31.4 Å². The Bertz CT molecular complexity index is 620. The molecular formula is C12H13F3O4S. The molecule has 8 heteroatoms. The molecule has 1 aromatic carbocycles. The Labute approximate surface area is 114 Å². The van der Waals surface area contributed by atoms with Gasteiger partial charge >= 0.3 is 12.1 Å². The predicted molar refractivity (Wildman–Crippen MR) is 65.1 cm³/mol. The average molecular weight is 310 g/mol. The first kappa shape index (κ1) is 16.5. The fourth-order valence-corrected chi connectivity index (χ4v) is 3.12. The molecule has 1 rings (SSSR count). The van der Waals surface area contributed by atoms with Crippen LogP contribution in [0.4, 0.5) is 13.2 Å². The van der Waals surface area contributed by atoms with Crippen molar-refractivity contribution in [3.8, 4) is 0 Å². The minimum atomic E-state index is -5.11. The third-order valence-corrected chi connectivity index (χ3v) is 4.66. The van der Waals surface area contributed by atoms with Crippen LogP contribution >= 0.6 is 0 Å².